The first-order chi connectivity index (χ1) is 7.83. The summed E-state index contributed by atoms with van der Waals surface area (Å²) in [7, 11) is 0. The minimum atomic E-state index is 0.614. The number of rotatable bonds is 4. The molecule has 0 bridgehead atoms. The molecule has 1 aromatic heterocycles. The smallest absolute Gasteiger partial charge is 0.133 e. The van der Waals surface area contributed by atoms with Gasteiger partial charge in [-0.3, -0.25) is 0 Å². The Kier molecular flexibility index (Phi) is 3.93. The molecule has 1 aliphatic rings. The molecule has 0 aromatic carbocycles. The van der Waals surface area contributed by atoms with Crippen molar-refractivity contribution in [2.24, 2.45) is 0 Å². The summed E-state index contributed by atoms with van der Waals surface area (Å²) in [5.41, 5.74) is 0. The van der Waals surface area contributed by atoms with Gasteiger partial charge in [0.25, 0.3) is 0 Å². The average molecular weight is 222 g/mol. The zero-order valence-electron chi connectivity index (χ0n) is 10.4. The lowest BCUT2D eigenvalue weighted by atomic mass is 10.1. The molecule has 1 aliphatic heterocycles. The van der Waals surface area contributed by atoms with Crippen LogP contribution in [0.2, 0.25) is 0 Å². The third-order valence-electron chi connectivity index (χ3n) is 3.36. The van der Waals surface area contributed by atoms with Crippen LogP contribution in [-0.4, -0.2) is 27.9 Å². The molecule has 2 rings (SSSR count). The van der Waals surface area contributed by atoms with E-state index in [1.807, 2.05) is 0 Å². The van der Waals surface area contributed by atoms with Crippen molar-refractivity contribution in [1.82, 2.24) is 20.1 Å². The largest absolute Gasteiger partial charge is 0.317 e. The molecule has 16 heavy (non-hydrogen) atoms. The number of hydrogen-bond acceptors (Lipinski definition) is 3. The molecule has 4 heteroatoms. The molecule has 0 saturated carbocycles. The predicted molar refractivity (Wildman–Crippen MR) is 64.5 cm³/mol. The topological polar surface area (TPSA) is 42.7 Å². The van der Waals surface area contributed by atoms with E-state index in [1.165, 1.54) is 31.5 Å². The molecule has 1 N–H and O–H groups in total. The highest BCUT2D eigenvalue weighted by Gasteiger charge is 2.20. The Morgan fingerprint density at radius 3 is 2.75 bits per heavy atom. The molecular formula is C12H22N4. The Morgan fingerprint density at radius 1 is 1.31 bits per heavy atom. The van der Waals surface area contributed by atoms with Gasteiger partial charge in [0.05, 0.1) is 0 Å². The first-order valence-electron chi connectivity index (χ1n) is 6.44. The van der Waals surface area contributed by atoms with E-state index in [-0.39, 0.29) is 0 Å². The standard InChI is InChI=1S/C12H22N4/c1-3-4-5-12-15-14-10(2)16(12)11-6-8-13-9-7-11/h11,13H,3-9H2,1-2H3. The molecule has 0 amide bonds. The molecule has 1 fully saturated rings. The summed E-state index contributed by atoms with van der Waals surface area (Å²) in [6, 6.07) is 0.614. The van der Waals surface area contributed by atoms with Gasteiger partial charge in [0, 0.05) is 12.5 Å². The monoisotopic (exact) mass is 222 g/mol. The first kappa shape index (κ1) is 11.6. The highest BCUT2D eigenvalue weighted by molar-refractivity contribution is 4.98. The second kappa shape index (κ2) is 5.43. The zero-order valence-corrected chi connectivity index (χ0v) is 10.4. The molecule has 90 valence electrons. The Bertz CT molecular complexity index is 326. The van der Waals surface area contributed by atoms with Crippen LogP contribution < -0.4 is 5.32 Å². The Balaban J connectivity index is 2.13. The van der Waals surface area contributed by atoms with E-state index in [2.05, 4.69) is 33.9 Å². The van der Waals surface area contributed by atoms with Crippen molar-refractivity contribution < 1.29 is 0 Å². The predicted octanol–water partition coefficient (Wildman–Crippen LogP) is 1.85. The lowest BCUT2D eigenvalue weighted by molar-refractivity contribution is 0.354. The van der Waals surface area contributed by atoms with Crippen molar-refractivity contribution in [2.45, 2.75) is 52.0 Å². The highest BCUT2D eigenvalue weighted by Crippen LogP contribution is 2.22. The number of nitrogens with one attached hydrogen (secondary N) is 1. The maximum atomic E-state index is 4.32. The number of aromatic nitrogens is 3. The molecule has 2 heterocycles. The lowest BCUT2D eigenvalue weighted by Gasteiger charge is -2.26. The lowest BCUT2D eigenvalue weighted by Crippen LogP contribution is -2.30. The maximum absolute atomic E-state index is 4.32. The molecule has 0 atom stereocenters. The number of hydrogen-bond donors (Lipinski definition) is 1. The fourth-order valence-electron chi connectivity index (χ4n) is 2.46. The first-order valence-corrected chi connectivity index (χ1v) is 6.44. The summed E-state index contributed by atoms with van der Waals surface area (Å²) in [6.45, 7) is 6.54. The molecule has 0 radical (unpaired) electrons. The number of nitrogens with zero attached hydrogens (tertiary/aromatic N) is 3. The van der Waals surface area contributed by atoms with Crippen molar-refractivity contribution in [3.05, 3.63) is 11.6 Å². The van der Waals surface area contributed by atoms with Gasteiger partial charge in [-0.25, -0.2) is 0 Å². The van der Waals surface area contributed by atoms with Gasteiger partial charge >= 0.3 is 0 Å². The molecular weight excluding hydrogens is 200 g/mol. The van der Waals surface area contributed by atoms with Crippen LogP contribution in [0.4, 0.5) is 0 Å². The van der Waals surface area contributed by atoms with Crippen LogP contribution in [-0.2, 0) is 6.42 Å². The summed E-state index contributed by atoms with van der Waals surface area (Å²) in [4.78, 5) is 0. The summed E-state index contributed by atoms with van der Waals surface area (Å²) in [5.74, 6) is 2.27. The summed E-state index contributed by atoms with van der Waals surface area (Å²) < 4.78 is 2.37. The van der Waals surface area contributed by atoms with Crippen LogP contribution in [0, 0.1) is 6.92 Å². The van der Waals surface area contributed by atoms with E-state index in [0.717, 1.165) is 25.3 Å². The van der Waals surface area contributed by atoms with Gasteiger partial charge in [0.1, 0.15) is 11.6 Å². The number of unbranched alkanes of at least 4 members (excludes halogenated alkanes) is 1. The Morgan fingerprint density at radius 2 is 2.06 bits per heavy atom. The van der Waals surface area contributed by atoms with Crippen LogP contribution in [0.3, 0.4) is 0 Å². The van der Waals surface area contributed by atoms with Gasteiger partial charge in [0.2, 0.25) is 0 Å². The quantitative estimate of drug-likeness (QED) is 0.845. The fourth-order valence-corrected chi connectivity index (χ4v) is 2.46. The maximum Gasteiger partial charge on any atom is 0.133 e. The SMILES string of the molecule is CCCCc1nnc(C)n1C1CCNCC1. The van der Waals surface area contributed by atoms with E-state index in [9.17, 15) is 0 Å². The van der Waals surface area contributed by atoms with Gasteiger partial charge in [0.15, 0.2) is 0 Å². The average Bonchev–Trinajstić information content (AvgIpc) is 2.69. The van der Waals surface area contributed by atoms with Gasteiger partial charge in [-0.2, -0.15) is 0 Å². The van der Waals surface area contributed by atoms with Crippen molar-refractivity contribution in [2.75, 3.05) is 13.1 Å². The van der Waals surface area contributed by atoms with Crippen LogP contribution in [0.15, 0.2) is 0 Å². The third-order valence-corrected chi connectivity index (χ3v) is 3.36. The summed E-state index contributed by atoms with van der Waals surface area (Å²) in [5, 5.41) is 12.0. The zero-order chi connectivity index (χ0) is 11.4. The highest BCUT2D eigenvalue weighted by atomic mass is 15.3. The normalized spacial score (nSPS) is 17.9. The van der Waals surface area contributed by atoms with Crippen LogP contribution in [0.5, 0.6) is 0 Å². The van der Waals surface area contributed by atoms with Crippen molar-refractivity contribution in [3.8, 4) is 0 Å². The Hall–Kier alpha value is -0.900. The van der Waals surface area contributed by atoms with Gasteiger partial charge in [-0.15, -0.1) is 10.2 Å². The third kappa shape index (κ3) is 2.43. The van der Waals surface area contributed by atoms with Crippen LogP contribution in [0.25, 0.3) is 0 Å². The van der Waals surface area contributed by atoms with Crippen LogP contribution >= 0.6 is 0 Å². The minimum absolute atomic E-state index is 0.614. The van der Waals surface area contributed by atoms with E-state index in [0.29, 0.717) is 6.04 Å². The minimum Gasteiger partial charge on any atom is -0.317 e. The van der Waals surface area contributed by atoms with Crippen molar-refractivity contribution in [3.63, 3.8) is 0 Å². The van der Waals surface area contributed by atoms with Gasteiger partial charge in [-0.05, 0) is 39.3 Å². The molecule has 4 nitrogen and oxygen atoms in total. The van der Waals surface area contributed by atoms with Crippen molar-refractivity contribution in [1.29, 1.82) is 0 Å². The van der Waals surface area contributed by atoms with Crippen molar-refractivity contribution >= 4 is 0 Å². The molecule has 0 unspecified atom stereocenters. The van der Waals surface area contributed by atoms with E-state index >= 15 is 0 Å². The summed E-state index contributed by atoms with van der Waals surface area (Å²) in [6.07, 6.45) is 5.92. The second-order valence-electron chi connectivity index (χ2n) is 4.62. The van der Waals surface area contributed by atoms with E-state index in [1.54, 1.807) is 0 Å². The molecule has 0 spiro atoms. The molecule has 1 saturated heterocycles. The molecule has 0 aliphatic carbocycles. The van der Waals surface area contributed by atoms with Crippen LogP contribution in [0.1, 0.15) is 50.3 Å². The molecule has 1 aromatic rings. The Labute approximate surface area is 97.5 Å². The number of piperidine rings is 1. The second-order valence-corrected chi connectivity index (χ2v) is 4.62. The van der Waals surface area contributed by atoms with Gasteiger partial charge < -0.3 is 9.88 Å². The number of aryl methyl sites for hydroxylation is 2. The van der Waals surface area contributed by atoms with E-state index in [4.69, 9.17) is 0 Å². The van der Waals surface area contributed by atoms with Gasteiger partial charge in [-0.1, -0.05) is 13.3 Å². The summed E-state index contributed by atoms with van der Waals surface area (Å²) >= 11 is 0. The van der Waals surface area contributed by atoms with E-state index < -0.39 is 0 Å². The fraction of sp³-hybridized carbons (Fsp3) is 0.833.